The lowest BCUT2D eigenvalue weighted by Crippen LogP contribution is -2.16. The molecule has 1 N–H and O–H groups in total. The van der Waals surface area contributed by atoms with E-state index in [1.807, 2.05) is 30.3 Å². The van der Waals surface area contributed by atoms with Gasteiger partial charge in [-0.05, 0) is 11.6 Å². The Labute approximate surface area is 149 Å². The Bertz CT molecular complexity index is 792. The fourth-order valence-electron chi connectivity index (χ4n) is 2.09. The van der Waals surface area contributed by atoms with Gasteiger partial charge in [-0.3, -0.25) is 19.7 Å². The summed E-state index contributed by atoms with van der Waals surface area (Å²) in [5, 5.41) is 13.5. The van der Waals surface area contributed by atoms with Crippen LogP contribution in [0.25, 0.3) is 0 Å². The zero-order valence-electron chi connectivity index (χ0n) is 14.1. The highest BCUT2D eigenvalue weighted by Gasteiger charge is 2.14. The van der Waals surface area contributed by atoms with Crippen molar-refractivity contribution in [3.05, 3.63) is 64.2 Å². The molecule has 2 aromatic carbocycles. The van der Waals surface area contributed by atoms with Crippen LogP contribution in [0.2, 0.25) is 0 Å². The van der Waals surface area contributed by atoms with Crippen molar-refractivity contribution in [2.75, 3.05) is 11.9 Å². The molecule has 0 atom stereocenters. The molecule has 0 bridgehead atoms. The minimum Gasteiger partial charge on any atom is -0.487 e. The quantitative estimate of drug-likeness (QED) is 0.441. The summed E-state index contributed by atoms with van der Waals surface area (Å²) in [5.41, 5.74) is 0.924. The average Bonchev–Trinajstić information content (AvgIpc) is 2.61. The number of hydrogen-bond acceptors (Lipinski definition) is 6. The van der Waals surface area contributed by atoms with Crippen molar-refractivity contribution in [3.63, 3.8) is 0 Å². The highest BCUT2D eigenvalue weighted by Crippen LogP contribution is 2.30. The molecule has 26 heavy (non-hydrogen) atoms. The van der Waals surface area contributed by atoms with E-state index in [0.717, 1.165) is 5.56 Å². The van der Waals surface area contributed by atoms with Crippen molar-refractivity contribution in [3.8, 4) is 5.75 Å². The van der Waals surface area contributed by atoms with Gasteiger partial charge in [0, 0.05) is 19.1 Å². The summed E-state index contributed by atoms with van der Waals surface area (Å²) in [6, 6.07) is 13.3. The molecule has 0 aliphatic carbocycles. The van der Waals surface area contributed by atoms with Crippen LogP contribution in [0.5, 0.6) is 5.75 Å². The second kappa shape index (κ2) is 9.16. The SMILES string of the molecule is CC(=O)OCCC(=O)Nc1cc([N+](=O)[O-])ccc1OCc1ccccc1. The van der Waals surface area contributed by atoms with E-state index in [-0.39, 0.29) is 31.0 Å². The zero-order chi connectivity index (χ0) is 18.9. The number of nitro benzene ring substituents is 1. The van der Waals surface area contributed by atoms with Gasteiger partial charge in [-0.25, -0.2) is 0 Å². The van der Waals surface area contributed by atoms with E-state index in [0.29, 0.717) is 5.75 Å². The molecule has 0 unspecified atom stereocenters. The Morgan fingerprint density at radius 2 is 1.88 bits per heavy atom. The number of rotatable bonds is 8. The van der Waals surface area contributed by atoms with E-state index in [1.54, 1.807) is 0 Å². The summed E-state index contributed by atoms with van der Waals surface area (Å²) in [5.74, 6) is -0.628. The molecule has 0 spiro atoms. The summed E-state index contributed by atoms with van der Waals surface area (Å²) < 4.78 is 10.4. The molecule has 2 aromatic rings. The van der Waals surface area contributed by atoms with Gasteiger partial charge in [-0.15, -0.1) is 0 Å². The van der Waals surface area contributed by atoms with Gasteiger partial charge >= 0.3 is 5.97 Å². The lowest BCUT2D eigenvalue weighted by atomic mass is 10.2. The van der Waals surface area contributed by atoms with Crippen LogP contribution in [0.3, 0.4) is 0 Å². The van der Waals surface area contributed by atoms with Crippen LogP contribution in [-0.2, 0) is 20.9 Å². The number of benzene rings is 2. The Morgan fingerprint density at radius 1 is 1.15 bits per heavy atom. The van der Waals surface area contributed by atoms with Crippen molar-refractivity contribution < 1.29 is 24.0 Å². The molecule has 1 amide bonds. The largest absolute Gasteiger partial charge is 0.487 e. The molecule has 0 aliphatic heterocycles. The number of carbonyl (C=O) groups is 2. The van der Waals surface area contributed by atoms with Crippen molar-refractivity contribution in [2.24, 2.45) is 0 Å². The molecular formula is C18H18N2O6. The number of amides is 1. The van der Waals surface area contributed by atoms with Crippen LogP contribution >= 0.6 is 0 Å². The molecule has 0 heterocycles. The van der Waals surface area contributed by atoms with Crippen molar-refractivity contribution in [2.45, 2.75) is 20.0 Å². The molecule has 0 saturated carbocycles. The topological polar surface area (TPSA) is 108 Å². The molecule has 0 fully saturated rings. The summed E-state index contributed by atoms with van der Waals surface area (Å²) in [4.78, 5) is 33.1. The zero-order valence-corrected chi connectivity index (χ0v) is 14.1. The van der Waals surface area contributed by atoms with Crippen LogP contribution in [0, 0.1) is 10.1 Å². The third-order valence-electron chi connectivity index (χ3n) is 3.32. The van der Waals surface area contributed by atoms with E-state index in [4.69, 9.17) is 9.47 Å². The Balaban J connectivity index is 2.09. The fraction of sp³-hybridized carbons (Fsp3) is 0.222. The third-order valence-corrected chi connectivity index (χ3v) is 3.32. The normalized spacial score (nSPS) is 10.0. The van der Waals surface area contributed by atoms with Crippen molar-refractivity contribution in [1.29, 1.82) is 0 Å². The van der Waals surface area contributed by atoms with E-state index in [9.17, 15) is 19.7 Å². The van der Waals surface area contributed by atoms with Gasteiger partial charge in [0.15, 0.2) is 0 Å². The molecule has 0 aliphatic rings. The number of ether oxygens (including phenoxy) is 2. The van der Waals surface area contributed by atoms with Crippen LogP contribution in [0.15, 0.2) is 48.5 Å². The van der Waals surface area contributed by atoms with Crippen LogP contribution in [-0.4, -0.2) is 23.4 Å². The average molecular weight is 358 g/mol. The van der Waals surface area contributed by atoms with E-state index in [2.05, 4.69) is 5.32 Å². The van der Waals surface area contributed by atoms with Gasteiger partial charge < -0.3 is 14.8 Å². The van der Waals surface area contributed by atoms with Crippen LogP contribution in [0.4, 0.5) is 11.4 Å². The molecule has 0 aromatic heterocycles. The first-order valence-corrected chi connectivity index (χ1v) is 7.84. The molecule has 8 nitrogen and oxygen atoms in total. The number of nitrogens with zero attached hydrogens (tertiary/aromatic N) is 1. The molecule has 2 rings (SSSR count). The van der Waals surface area contributed by atoms with Gasteiger partial charge in [0.25, 0.3) is 5.69 Å². The minimum absolute atomic E-state index is 0.0691. The summed E-state index contributed by atoms with van der Waals surface area (Å²) in [6.45, 7) is 1.42. The molecule has 0 radical (unpaired) electrons. The lowest BCUT2D eigenvalue weighted by molar-refractivity contribution is -0.384. The summed E-state index contributed by atoms with van der Waals surface area (Å²) in [7, 11) is 0. The number of nitro groups is 1. The van der Waals surface area contributed by atoms with Crippen LogP contribution in [0.1, 0.15) is 18.9 Å². The van der Waals surface area contributed by atoms with Gasteiger partial charge in [0.05, 0.1) is 17.0 Å². The predicted molar refractivity (Wildman–Crippen MR) is 93.8 cm³/mol. The van der Waals surface area contributed by atoms with Gasteiger partial charge in [0.1, 0.15) is 19.0 Å². The Hall–Kier alpha value is -3.42. The number of non-ortho nitro benzene ring substituents is 1. The predicted octanol–water partition coefficient (Wildman–Crippen LogP) is 3.07. The smallest absolute Gasteiger partial charge is 0.302 e. The maximum atomic E-state index is 12.0. The Kier molecular flexibility index (Phi) is 6.67. The number of hydrogen-bond donors (Lipinski definition) is 1. The number of esters is 1. The van der Waals surface area contributed by atoms with Gasteiger partial charge in [-0.2, -0.15) is 0 Å². The molecule has 0 saturated heterocycles. The maximum Gasteiger partial charge on any atom is 0.302 e. The second-order valence-corrected chi connectivity index (χ2v) is 5.35. The minimum atomic E-state index is -0.560. The first-order chi connectivity index (χ1) is 12.5. The first kappa shape index (κ1) is 18.9. The van der Waals surface area contributed by atoms with Crippen molar-refractivity contribution in [1.82, 2.24) is 0 Å². The first-order valence-electron chi connectivity index (χ1n) is 7.84. The summed E-state index contributed by atoms with van der Waals surface area (Å²) in [6.07, 6.45) is -0.0691. The molecule has 136 valence electrons. The molecule has 8 heteroatoms. The standard InChI is InChI=1S/C18H18N2O6/c1-13(21)25-10-9-18(22)19-16-11-15(20(23)24)7-8-17(16)26-12-14-5-3-2-4-6-14/h2-8,11H,9-10,12H2,1H3,(H,19,22). The highest BCUT2D eigenvalue weighted by atomic mass is 16.6. The van der Waals surface area contributed by atoms with Crippen molar-refractivity contribution >= 4 is 23.3 Å². The van der Waals surface area contributed by atoms with E-state index < -0.39 is 16.8 Å². The Morgan fingerprint density at radius 3 is 2.54 bits per heavy atom. The molecular weight excluding hydrogens is 340 g/mol. The third kappa shape index (κ3) is 5.90. The van der Waals surface area contributed by atoms with E-state index >= 15 is 0 Å². The van der Waals surface area contributed by atoms with Gasteiger partial charge in [-0.1, -0.05) is 30.3 Å². The summed E-state index contributed by atoms with van der Waals surface area (Å²) >= 11 is 0. The monoisotopic (exact) mass is 358 g/mol. The fourth-order valence-corrected chi connectivity index (χ4v) is 2.09. The number of carbonyl (C=O) groups excluding carboxylic acids is 2. The lowest BCUT2D eigenvalue weighted by Gasteiger charge is -2.12. The number of nitrogens with one attached hydrogen (secondary N) is 1. The van der Waals surface area contributed by atoms with Crippen LogP contribution < -0.4 is 10.1 Å². The maximum absolute atomic E-state index is 12.0. The highest BCUT2D eigenvalue weighted by molar-refractivity contribution is 5.92. The van der Waals surface area contributed by atoms with Gasteiger partial charge in [0.2, 0.25) is 5.91 Å². The number of anilines is 1. The van der Waals surface area contributed by atoms with E-state index in [1.165, 1.54) is 25.1 Å². The second-order valence-electron chi connectivity index (χ2n) is 5.35.